The summed E-state index contributed by atoms with van der Waals surface area (Å²) in [6.45, 7) is 2.07. The molecule has 0 saturated carbocycles. The number of hydrogen-bond donors (Lipinski definition) is 2. The minimum absolute atomic E-state index is 0.168. The molecule has 1 aromatic carbocycles. The molecule has 2 N–H and O–H groups in total. The second kappa shape index (κ2) is 7.92. The SMILES string of the molecule is Cc1ccc(S(=O)(=O)NCCCC(=O)Nc2ccc(Cl)cc2)s1. The molecule has 0 aliphatic rings. The van der Waals surface area contributed by atoms with Gasteiger partial charge >= 0.3 is 0 Å². The van der Waals surface area contributed by atoms with Crippen molar-refractivity contribution in [3.05, 3.63) is 46.3 Å². The molecule has 0 unspecified atom stereocenters. The van der Waals surface area contributed by atoms with Gasteiger partial charge in [0.25, 0.3) is 0 Å². The van der Waals surface area contributed by atoms with E-state index in [0.29, 0.717) is 21.3 Å². The summed E-state index contributed by atoms with van der Waals surface area (Å²) in [5.74, 6) is -0.168. The molecule has 2 rings (SSSR count). The molecule has 1 heterocycles. The van der Waals surface area contributed by atoms with Crippen LogP contribution in [0, 0.1) is 6.92 Å². The van der Waals surface area contributed by atoms with E-state index >= 15 is 0 Å². The van der Waals surface area contributed by atoms with Crippen LogP contribution in [0.4, 0.5) is 5.69 Å². The molecular formula is C15H17ClN2O3S2. The van der Waals surface area contributed by atoms with E-state index in [9.17, 15) is 13.2 Å². The number of sulfonamides is 1. The Morgan fingerprint density at radius 1 is 1.17 bits per heavy atom. The van der Waals surface area contributed by atoms with E-state index in [1.54, 1.807) is 36.4 Å². The van der Waals surface area contributed by atoms with E-state index in [1.165, 1.54) is 11.3 Å². The van der Waals surface area contributed by atoms with Gasteiger partial charge in [-0.05, 0) is 49.7 Å². The van der Waals surface area contributed by atoms with Gasteiger partial charge in [0, 0.05) is 28.6 Å². The molecule has 0 atom stereocenters. The molecule has 0 radical (unpaired) electrons. The number of amides is 1. The topological polar surface area (TPSA) is 75.3 Å². The first-order chi connectivity index (χ1) is 10.9. The summed E-state index contributed by atoms with van der Waals surface area (Å²) in [4.78, 5) is 12.7. The van der Waals surface area contributed by atoms with Crippen LogP contribution in [0.5, 0.6) is 0 Å². The highest BCUT2D eigenvalue weighted by Crippen LogP contribution is 2.20. The third kappa shape index (κ3) is 5.62. The molecule has 0 aliphatic carbocycles. The van der Waals surface area contributed by atoms with Crippen molar-refractivity contribution in [3.63, 3.8) is 0 Å². The minimum Gasteiger partial charge on any atom is -0.326 e. The van der Waals surface area contributed by atoms with Crippen molar-refractivity contribution in [1.82, 2.24) is 4.72 Å². The van der Waals surface area contributed by atoms with Gasteiger partial charge in [0.2, 0.25) is 15.9 Å². The summed E-state index contributed by atoms with van der Waals surface area (Å²) in [6.07, 6.45) is 0.650. The zero-order chi connectivity index (χ0) is 16.9. The standard InChI is InChI=1S/C15H17ClN2O3S2/c1-11-4-9-15(22-11)23(20,21)17-10-2-3-14(19)18-13-7-5-12(16)6-8-13/h4-9,17H,2-3,10H2,1H3,(H,18,19). The molecule has 23 heavy (non-hydrogen) atoms. The summed E-state index contributed by atoms with van der Waals surface area (Å²) in [5, 5.41) is 3.33. The van der Waals surface area contributed by atoms with Crippen LogP contribution in [-0.2, 0) is 14.8 Å². The maximum absolute atomic E-state index is 12.0. The second-order valence-corrected chi connectivity index (χ2v) is 8.64. The Balaban J connectivity index is 1.74. The Kier molecular flexibility index (Phi) is 6.17. The molecule has 0 spiro atoms. The molecule has 124 valence electrons. The zero-order valence-electron chi connectivity index (χ0n) is 12.5. The minimum atomic E-state index is -3.48. The number of rotatable bonds is 7. The summed E-state index contributed by atoms with van der Waals surface area (Å²) in [6, 6.07) is 10.1. The van der Waals surface area contributed by atoms with Crippen molar-refractivity contribution in [3.8, 4) is 0 Å². The van der Waals surface area contributed by atoms with E-state index in [0.717, 1.165) is 4.88 Å². The lowest BCUT2D eigenvalue weighted by Crippen LogP contribution is -2.25. The molecule has 0 fully saturated rings. The van der Waals surface area contributed by atoms with Gasteiger partial charge in [0.15, 0.2) is 0 Å². The van der Waals surface area contributed by atoms with Crippen LogP contribution in [0.1, 0.15) is 17.7 Å². The van der Waals surface area contributed by atoms with E-state index in [1.807, 2.05) is 6.92 Å². The van der Waals surface area contributed by atoms with Crippen LogP contribution in [0.15, 0.2) is 40.6 Å². The van der Waals surface area contributed by atoms with Crippen LogP contribution in [0.25, 0.3) is 0 Å². The lowest BCUT2D eigenvalue weighted by molar-refractivity contribution is -0.116. The molecular weight excluding hydrogens is 356 g/mol. The fraction of sp³-hybridized carbons (Fsp3) is 0.267. The van der Waals surface area contributed by atoms with Crippen molar-refractivity contribution in [2.24, 2.45) is 0 Å². The Morgan fingerprint density at radius 2 is 1.87 bits per heavy atom. The highest BCUT2D eigenvalue weighted by Gasteiger charge is 2.15. The number of carbonyl (C=O) groups excluding carboxylic acids is 1. The maximum atomic E-state index is 12.0. The molecule has 1 aromatic heterocycles. The van der Waals surface area contributed by atoms with Gasteiger partial charge in [-0.3, -0.25) is 4.79 Å². The van der Waals surface area contributed by atoms with E-state index in [2.05, 4.69) is 10.0 Å². The Hall–Kier alpha value is -1.41. The van der Waals surface area contributed by atoms with Gasteiger partial charge in [-0.2, -0.15) is 0 Å². The van der Waals surface area contributed by atoms with Crippen LogP contribution in [0.2, 0.25) is 5.02 Å². The van der Waals surface area contributed by atoms with E-state index in [4.69, 9.17) is 11.6 Å². The van der Waals surface area contributed by atoms with E-state index in [-0.39, 0.29) is 18.9 Å². The van der Waals surface area contributed by atoms with Gasteiger partial charge in [0.05, 0.1) is 0 Å². The molecule has 8 heteroatoms. The smallest absolute Gasteiger partial charge is 0.250 e. The van der Waals surface area contributed by atoms with Gasteiger partial charge in [0.1, 0.15) is 4.21 Å². The lowest BCUT2D eigenvalue weighted by Gasteiger charge is -2.06. The number of benzene rings is 1. The first-order valence-electron chi connectivity index (χ1n) is 6.98. The van der Waals surface area contributed by atoms with E-state index < -0.39 is 10.0 Å². The molecule has 0 saturated heterocycles. The van der Waals surface area contributed by atoms with Crippen molar-refractivity contribution in [2.45, 2.75) is 24.0 Å². The normalized spacial score (nSPS) is 11.4. The Labute approximate surface area is 144 Å². The fourth-order valence-corrected chi connectivity index (χ4v) is 4.37. The second-order valence-electron chi connectivity index (χ2n) is 4.92. The van der Waals surface area contributed by atoms with Gasteiger partial charge in [-0.15, -0.1) is 11.3 Å². The number of aryl methyl sites for hydroxylation is 1. The maximum Gasteiger partial charge on any atom is 0.250 e. The van der Waals surface area contributed by atoms with Crippen molar-refractivity contribution < 1.29 is 13.2 Å². The highest BCUT2D eigenvalue weighted by molar-refractivity contribution is 7.91. The molecule has 1 amide bonds. The summed E-state index contributed by atoms with van der Waals surface area (Å²) in [5.41, 5.74) is 0.661. The number of thiophene rings is 1. The highest BCUT2D eigenvalue weighted by atomic mass is 35.5. The quantitative estimate of drug-likeness (QED) is 0.731. The van der Waals surface area contributed by atoms with Gasteiger partial charge in [-0.1, -0.05) is 11.6 Å². The third-order valence-corrected chi connectivity index (χ3v) is 6.19. The number of hydrogen-bond acceptors (Lipinski definition) is 4. The van der Waals surface area contributed by atoms with Gasteiger partial charge < -0.3 is 5.32 Å². The van der Waals surface area contributed by atoms with Crippen LogP contribution >= 0.6 is 22.9 Å². The first kappa shape index (κ1) is 17.9. The Bertz CT molecular complexity index is 770. The van der Waals surface area contributed by atoms with Crippen molar-refractivity contribution >= 4 is 44.6 Å². The number of anilines is 1. The predicted molar refractivity (Wildman–Crippen MR) is 93.6 cm³/mol. The zero-order valence-corrected chi connectivity index (χ0v) is 14.9. The number of nitrogens with one attached hydrogen (secondary N) is 2. The lowest BCUT2D eigenvalue weighted by atomic mass is 10.2. The number of halogens is 1. The average molecular weight is 373 g/mol. The Morgan fingerprint density at radius 3 is 2.48 bits per heavy atom. The van der Waals surface area contributed by atoms with Crippen LogP contribution < -0.4 is 10.0 Å². The average Bonchev–Trinajstić information content (AvgIpc) is 2.94. The molecule has 5 nitrogen and oxygen atoms in total. The molecule has 2 aromatic rings. The predicted octanol–water partition coefficient (Wildman–Crippen LogP) is 3.41. The fourth-order valence-electron chi connectivity index (χ4n) is 1.84. The summed E-state index contributed by atoms with van der Waals surface area (Å²) < 4.78 is 26.8. The summed E-state index contributed by atoms with van der Waals surface area (Å²) in [7, 11) is -3.48. The third-order valence-electron chi connectivity index (χ3n) is 2.98. The largest absolute Gasteiger partial charge is 0.326 e. The monoisotopic (exact) mass is 372 g/mol. The first-order valence-corrected chi connectivity index (χ1v) is 9.66. The number of carbonyl (C=O) groups is 1. The van der Waals surface area contributed by atoms with Crippen molar-refractivity contribution in [1.29, 1.82) is 0 Å². The van der Waals surface area contributed by atoms with Crippen LogP contribution in [-0.4, -0.2) is 20.9 Å². The summed E-state index contributed by atoms with van der Waals surface area (Å²) >= 11 is 6.99. The van der Waals surface area contributed by atoms with Crippen molar-refractivity contribution in [2.75, 3.05) is 11.9 Å². The molecule has 0 bridgehead atoms. The van der Waals surface area contributed by atoms with Crippen LogP contribution in [0.3, 0.4) is 0 Å². The van der Waals surface area contributed by atoms with Gasteiger partial charge in [-0.25, -0.2) is 13.1 Å². The molecule has 0 aliphatic heterocycles.